The first-order valence-electron chi connectivity index (χ1n) is 8.39. The van der Waals surface area contributed by atoms with Gasteiger partial charge in [0.1, 0.15) is 0 Å². The highest BCUT2D eigenvalue weighted by molar-refractivity contribution is 5.74. The van der Waals surface area contributed by atoms with Crippen LogP contribution in [0.3, 0.4) is 0 Å². The van der Waals surface area contributed by atoms with Gasteiger partial charge in [0, 0.05) is 32.1 Å². The maximum absolute atomic E-state index is 12.4. The van der Waals surface area contributed by atoms with E-state index >= 15 is 0 Å². The van der Waals surface area contributed by atoms with Crippen LogP contribution in [0.2, 0.25) is 0 Å². The zero-order valence-electron chi connectivity index (χ0n) is 14.5. The number of nitrogens with zero attached hydrogens (tertiary/aromatic N) is 2. The van der Waals surface area contributed by atoms with E-state index in [9.17, 15) is 9.90 Å². The van der Waals surface area contributed by atoms with Gasteiger partial charge in [0.05, 0.1) is 6.10 Å². The third kappa shape index (κ3) is 5.22. The van der Waals surface area contributed by atoms with Crippen molar-refractivity contribution in [3.05, 3.63) is 35.4 Å². The van der Waals surface area contributed by atoms with Crippen LogP contribution in [-0.2, 0) is 13.1 Å². The largest absolute Gasteiger partial charge is 0.393 e. The average Bonchev–Trinajstić information content (AvgIpc) is 2.53. The van der Waals surface area contributed by atoms with E-state index in [1.54, 1.807) is 0 Å². The molecule has 0 radical (unpaired) electrons. The Morgan fingerprint density at radius 1 is 1.39 bits per heavy atom. The van der Waals surface area contributed by atoms with Crippen molar-refractivity contribution in [2.75, 3.05) is 27.2 Å². The summed E-state index contributed by atoms with van der Waals surface area (Å²) in [7, 11) is 4.08. The third-order valence-electron chi connectivity index (χ3n) is 4.46. The Morgan fingerprint density at radius 3 is 2.74 bits per heavy atom. The third-order valence-corrected chi connectivity index (χ3v) is 4.46. The van der Waals surface area contributed by atoms with Crippen molar-refractivity contribution < 1.29 is 9.90 Å². The fraction of sp³-hybridized carbons (Fsp3) is 0.611. The van der Waals surface area contributed by atoms with Gasteiger partial charge in [0.15, 0.2) is 0 Å². The number of hydrogen-bond acceptors (Lipinski definition) is 3. The lowest BCUT2D eigenvalue weighted by molar-refractivity contribution is 0.0738. The molecule has 128 valence electrons. The van der Waals surface area contributed by atoms with Gasteiger partial charge in [-0.2, -0.15) is 0 Å². The number of rotatable bonds is 5. The van der Waals surface area contributed by atoms with Crippen molar-refractivity contribution in [3.8, 4) is 0 Å². The second-order valence-corrected chi connectivity index (χ2v) is 6.75. The van der Waals surface area contributed by atoms with Crippen LogP contribution >= 0.6 is 0 Å². The van der Waals surface area contributed by atoms with Gasteiger partial charge in [-0.25, -0.2) is 4.79 Å². The van der Waals surface area contributed by atoms with Crippen molar-refractivity contribution in [2.24, 2.45) is 5.92 Å². The molecule has 0 bridgehead atoms. The monoisotopic (exact) mass is 319 g/mol. The van der Waals surface area contributed by atoms with Crippen LogP contribution in [-0.4, -0.2) is 54.2 Å². The number of carbonyl (C=O) groups excluding carboxylic acids is 1. The van der Waals surface area contributed by atoms with Crippen LogP contribution in [0.1, 0.15) is 30.9 Å². The number of urea groups is 1. The molecule has 2 rings (SSSR count). The summed E-state index contributed by atoms with van der Waals surface area (Å²) in [5.41, 5.74) is 2.39. The molecule has 1 aromatic carbocycles. The van der Waals surface area contributed by atoms with Crippen molar-refractivity contribution in [2.45, 2.75) is 39.0 Å². The summed E-state index contributed by atoms with van der Waals surface area (Å²) in [4.78, 5) is 16.3. The van der Waals surface area contributed by atoms with Crippen LogP contribution in [0.5, 0.6) is 0 Å². The van der Waals surface area contributed by atoms with Gasteiger partial charge in [-0.15, -0.1) is 0 Å². The molecule has 0 saturated carbocycles. The smallest absolute Gasteiger partial charge is 0.317 e. The molecule has 1 aliphatic heterocycles. The average molecular weight is 319 g/mol. The first-order chi connectivity index (χ1) is 11.0. The summed E-state index contributed by atoms with van der Waals surface area (Å²) in [6, 6.07) is 8.17. The van der Waals surface area contributed by atoms with Gasteiger partial charge in [-0.1, -0.05) is 24.3 Å². The molecule has 1 fully saturated rings. The first-order valence-corrected chi connectivity index (χ1v) is 8.39. The Balaban J connectivity index is 1.91. The lowest BCUT2D eigenvalue weighted by atomic mass is 9.94. The first kappa shape index (κ1) is 17.8. The molecule has 2 unspecified atom stereocenters. The molecule has 5 heteroatoms. The molecule has 2 N–H and O–H groups in total. The predicted octanol–water partition coefficient (Wildman–Crippen LogP) is 2.05. The van der Waals surface area contributed by atoms with Crippen molar-refractivity contribution in [1.29, 1.82) is 0 Å². The minimum absolute atomic E-state index is 0.0324. The highest BCUT2D eigenvalue weighted by Gasteiger charge is 2.26. The number of aliphatic hydroxyl groups is 1. The van der Waals surface area contributed by atoms with Crippen LogP contribution in [0.4, 0.5) is 4.79 Å². The number of amides is 2. The zero-order valence-corrected chi connectivity index (χ0v) is 14.5. The molecule has 0 aliphatic carbocycles. The Morgan fingerprint density at radius 2 is 2.09 bits per heavy atom. The summed E-state index contributed by atoms with van der Waals surface area (Å²) in [5.74, 6) is 0.190. The molecule has 1 heterocycles. The number of carbonyl (C=O) groups is 1. The summed E-state index contributed by atoms with van der Waals surface area (Å²) in [5, 5.41) is 12.8. The highest BCUT2D eigenvalue weighted by Crippen LogP contribution is 2.19. The molecule has 1 saturated heterocycles. The van der Waals surface area contributed by atoms with Gasteiger partial charge >= 0.3 is 6.03 Å². The number of benzene rings is 1. The van der Waals surface area contributed by atoms with Crippen molar-refractivity contribution in [1.82, 2.24) is 15.1 Å². The number of likely N-dealkylation sites (tertiary alicyclic amines) is 1. The standard InChI is InChI=1S/C18H29N3O2/c1-14(22)16-9-6-10-21(13-16)18(23)19-11-15-7-4-5-8-17(15)12-20(2)3/h4-5,7-8,14,16,22H,6,9-13H2,1-3H3,(H,19,23). The number of nitrogens with one attached hydrogen (secondary N) is 1. The Kier molecular flexibility index (Phi) is 6.42. The molecule has 5 nitrogen and oxygen atoms in total. The molecule has 2 amide bonds. The van der Waals surface area contributed by atoms with Crippen LogP contribution in [0.25, 0.3) is 0 Å². The molecular weight excluding hydrogens is 290 g/mol. The normalized spacial score (nSPS) is 19.7. The van der Waals surface area contributed by atoms with E-state index in [2.05, 4.69) is 22.3 Å². The number of piperidine rings is 1. The molecular formula is C18H29N3O2. The fourth-order valence-corrected chi connectivity index (χ4v) is 3.10. The van der Waals surface area contributed by atoms with E-state index in [4.69, 9.17) is 0 Å². The van der Waals surface area contributed by atoms with Gasteiger partial charge in [0.25, 0.3) is 0 Å². The maximum Gasteiger partial charge on any atom is 0.317 e. The summed E-state index contributed by atoms with van der Waals surface area (Å²) < 4.78 is 0. The van der Waals surface area contributed by atoms with Crippen LogP contribution < -0.4 is 5.32 Å². The van der Waals surface area contributed by atoms with E-state index in [1.165, 1.54) is 5.56 Å². The summed E-state index contributed by atoms with van der Waals surface area (Å²) in [6.45, 7) is 4.62. The number of hydrogen-bond donors (Lipinski definition) is 2. The SMILES string of the molecule is CC(O)C1CCCN(C(=O)NCc2ccccc2CN(C)C)C1. The fourth-order valence-electron chi connectivity index (χ4n) is 3.10. The van der Waals surface area contributed by atoms with E-state index in [0.29, 0.717) is 13.1 Å². The quantitative estimate of drug-likeness (QED) is 0.873. The highest BCUT2D eigenvalue weighted by atomic mass is 16.3. The Bertz CT molecular complexity index is 517. The van der Waals surface area contributed by atoms with Gasteiger partial charge < -0.3 is 20.2 Å². The second-order valence-electron chi connectivity index (χ2n) is 6.75. The minimum Gasteiger partial charge on any atom is -0.393 e. The van der Waals surface area contributed by atoms with Gasteiger partial charge in [0.2, 0.25) is 0 Å². The van der Waals surface area contributed by atoms with E-state index < -0.39 is 0 Å². The maximum atomic E-state index is 12.4. The molecule has 0 spiro atoms. The second kappa shape index (κ2) is 8.31. The van der Waals surface area contributed by atoms with E-state index in [0.717, 1.165) is 31.5 Å². The predicted molar refractivity (Wildman–Crippen MR) is 92.0 cm³/mol. The summed E-state index contributed by atoms with van der Waals surface area (Å²) >= 11 is 0. The summed E-state index contributed by atoms with van der Waals surface area (Å²) in [6.07, 6.45) is 1.60. The molecule has 0 aromatic heterocycles. The van der Waals surface area contributed by atoms with Crippen LogP contribution in [0, 0.1) is 5.92 Å². The Labute approximate surface area is 139 Å². The molecule has 23 heavy (non-hydrogen) atoms. The zero-order chi connectivity index (χ0) is 16.8. The van der Waals surface area contributed by atoms with Crippen molar-refractivity contribution in [3.63, 3.8) is 0 Å². The van der Waals surface area contributed by atoms with Crippen LogP contribution in [0.15, 0.2) is 24.3 Å². The molecule has 2 atom stereocenters. The topological polar surface area (TPSA) is 55.8 Å². The molecule has 1 aliphatic rings. The lowest BCUT2D eigenvalue weighted by Crippen LogP contribution is -2.47. The van der Waals surface area contributed by atoms with Gasteiger partial charge in [-0.3, -0.25) is 0 Å². The van der Waals surface area contributed by atoms with E-state index in [1.807, 2.05) is 38.1 Å². The Hall–Kier alpha value is -1.59. The lowest BCUT2D eigenvalue weighted by Gasteiger charge is -2.34. The van der Waals surface area contributed by atoms with Gasteiger partial charge in [-0.05, 0) is 45.0 Å². The minimum atomic E-state index is -0.355. The number of aliphatic hydroxyl groups excluding tert-OH is 1. The van der Waals surface area contributed by atoms with E-state index in [-0.39, 0.29) is 18.1 Å². The molecule has 1 aromatic rings. The van der Waals surface area contributed by atoms with Crippen molar-refractivity contribution >= 4 is 6.03 Å².